The molecule has 0 aliphatic heterocycles. The van der Waals surface area contributed by atoms with Crippen molar-refractivity contribution in [1.29, 1.82) is 0 Å². The molecule has 0 aliphatic rings. The minimum absolute atomic E-state index is 0.141. The third kappa shape index (κ3) is 4.09. The molecule has 27 heavy (non-hydrogen) atoms. The predicted octanol–water partition coefficient (Wildman–Crippen LogP) is 5.25. The van der Waals surface area contributed by atoms with Crippen LogP contribution in [0, 0.1) is 3.57 Å². The maximum absolute atomic E-state index is 12.6. The Morgan fingerprint density at radius 2 is 1.89 bits per heavy atom. The normalized spacial score (nSPS) is 10.7. The first-order valence-corrected chi connectivity index (χ1v) is 10.2. The van der Waals surface area contributed by atoms with Crippen molar-refractivity contribution in [2.75, 3.05) is 5.32 Å². The molecule has 2 heterocycles. The molecule has 0 bridgehead atoms. The molecule has 0 aliphatic carbocycles. The SMILES string of the molecule is O=C(Nc1ccccc1Cc1nc(-c2cccs2)no1)c1ccccc1I. The first kappa shape index (κ1) is 17.9. The van der Waals surface area contributed by atoms with Gasteiger partial charge in [-0.1, -0.05) is 41.6 Å². The fourth-order valence-electron chi connectivity index (χ4n) is 2.63. The minimum Gasteiger partial charge on any atom is -0.339 e. The summed E-state index contributed by atoms with van der Waals surface area (Å²) in [6.07, 6.45) is 0.445. The zero-order valence-electron chi connectivity index (χ0n) is 14.1. The Kier molecular flexibility index (Phi) is 5.30. The largest absolute Gasteiger partial charge is 0.339 e. The van der Waals surface area contributed by atoms with Crippen LogP contribution in [0.25, 0.3) is 10.7 Å². The number of rotatable bonds is 5. The Balaban J connectivity index is 1.55. The quantitative estimate of drug-likeness (QED) is 0.391. The molecule has 7 heteroatoms. The standard InChI is InChI=1S/C20H14IN3O2S/c21-15-8-3-2-7-14(15)20(25)22-16-9-4-1-6-13(16)12-18-23-19(24-26-18)17-10-5-11-27-17/h1-11H,12H2,(H,22,25). The smallest absolute Gasteiger partial charge is 0.256 e. The van der Waals surface area contributed by atoms with Crippen LogP contribution in [0.15, 0.2) is 70.6 Å². The van der Waals surface area contributed by atoms with Gasteiger partial charge in [0.25, 0.3) is 5.91 Å². The summed E-state index contributed by atoms with van der Waals surface area (Å²) < 4.78 is 6.29. The highest BCUT2D eigenvalue weighted by Gasteiger charge is 2.15. The molecule has 2 aromatic carbocycles. The van der Waals surface area contributed by atoms with E-state index in [1.165, 1.54) is 0 Å². The predicted molar refractivity (Wildman–Crippen MR) is 114 cm³/mol. The van der Waals surface area contributed by atoms with E-state index < -0.39 is 0 Å². The Hall–Kier alpha value is -2.52. The van der Waals surface area contributed by atoms with E-state index in [9.17, 15) is 4.79 Å². The summed E-state index contributed by atoms with van der Waals surface area (Å²) in [6, 6.07) is 19.0. The lowest BCUT2D eigenvalue weighted by Gasteiger charge is -2.10. The lowest BCUT2D eigenvalue weighted by molar-refractivity contribution is 0.102. The van der Waals surface area contributed by atoms with Gasteiger partial charge in [-0.15, -0.1) is 11.3 Å². The van der Waals surface area contributed by atoms with E-state index in [-0.39, 0.29) is 5.91 Å². The second-order valence-corrected chi connectivity index (χ2v) is 7.87. The molecule has 0 atom stereocenters. The zero-order valence-corrected chi connectivity index (χ0v) is 17.0. The van der Waals surface area contributed by atoms with Crippen LogP contribution in [0.2, 0.25) is 0 Å². The van der Waals surface area contributed by atoms with Gasteiger partial charge in [0, 0.05) is 9.26 Å². The van der Waals surface area contributed by atoms with Gasteiger partial charge in [0.1, 0.15) is 0 Å². The van der Waals surface area contributed by atoms with Gasteiger partial charge in [0.05, 0.1) is 16.9 Å². The van der Waals surface area contributed by atoms with Crippen molar-refractivity contribution in [3.63, 3.8) is 0 Å². The van der Waals surface area contributed by atoms with Crippen LogP contribution in [0.1, 0.15) is 21.8 Å². The minimum atomic E-state index is -0.141. The lowest BCUT2D eigenvalue weighted by Crippen LogP contribution is -2.14. The Morgan fingerprint density at radius 1 is 1.07 bits per heavy atom. The number of anilines is 1. The summed E-state index contributed by atoms with van der Waals surface area (Å²) in [5.41, 5.74) is 2.29. The number of hydrogen-bond donors (Lipinski definition) is 1. The average molecular weight is 487 g/mol. The van der Waals surface area contributed by atoms with Crippen LogP contribution in [-0.4, -0.2) is 16.0 Å². The third-order valence-electron chi connectivity index (χ3n) is 3.94. The van der Waals surface area contributed by atoms with E-state index in [4.69, 9.17) is 4.52 Å². The summed E-state index contributed by atoms with van der Waals surface area (Å²) in [4.78, 5) is 18.1. The molecule has 0 saturated carbocycles. The second-order valence-electron chi connectivity index (χ2n) is 5.76. The second kappa shape index (κ2) is 8.01. The van der Waals surface area contributed by atoms with E-state index in [0.29, 0.717) is 23.7 Å². The van der Waals surface area contributed by atoms with Gasteiger partial charge in [-0.3, -0.25) is 4.79 Å². The van der Waals surface area contributed by atoms with E-state index in [2.05, 4.69) is 38.0 Å². The Morgan fingerprint density at radius 3 is 2.70 bits per heavy atom. The van der Waals surface area contributed by atoms with Crippen molar-refractivity contribution in [3.8, 4) is 10.7 Å². The number of amides is 1. The molecule has 0 fully saturated rings. The first-order valence-electron chi connectivity index (χ1n) is 8.21. The van der Waals surface area contributed by atoms with Crippen LogP contribution in [0.5, 0.6) is 0 Å². The molecular weight excluding hydrogens is 473 g/mol. The zero-order chi connectivity index (χ0) is 18.6. The number of halogens is 1. The molecule has 2 aromatic heterocycles. The Bertz CT molecular complexity index is 1080. The fourth-order valence-corrected chi connectivity index (χ4v) is 3.91. The molecular formula is C20H14IN3O2S. The van der Waals surface area contributed by atoms with Gasteiger partial charge in [-0.2, -0.15) is 4.98 Å². The van der Waals surface area contributed by atoms with Crippen LogP contribution < -0.4 is 5.32 Å². The van der Waals surface area contributed by atoms with Gasteiger partial charge in [-0.25, -0.2) is 0 Å². The van der Waals surface area contributed by atoms with Gasteiger partial charge < -0.3 is 9.84 Å². The van der Waals surface area contributed by atoms with E-state index in [1.54, 1.807) is 11.3 Å². The molecule has 0 radical (unpaired) electrons. The number of nitrogens with one attached hydrogen (secondary N) is 1. The number of nitrogens with zero attached hydrogens (tertiary/aromatic N) is 2. The summed E-state index contributed by atoms with van der Waals surface area (Å²) in [7, 11) is 0. The molecule has 1 amide bonds. The number of aromatic nitrogens is 2. The summed E-state index contributed by atoms with van der Waals surface area (Å²) in [5.74, 6) is 0.951. The molecule has 0 saturated heterocycles. The van der Waals surface area contributed by atoms with Gasteiger partial charge >= 0.3 is 0 Å². The highest BCUT2D eigenvalue weighted by molar-refractivity contribution is 14.1. The topological polar surface area (TPSA) is 68.0 Å². The summed E-state index contributed by atoms with van der Waals surface area (Å²) in [6.45, 7) is 0. The van der Waals surface area contributed by atoms with Gasteiger partial charge in [0.15, 0.2) is 0 Å². The first-order chi connectivity index (χ1) is 13.2. The summed E-state index contributed by atoms with van der Waals surface area (Å²) in [5, 5.41) is 9.00. The van der Waals surface area contributed by atoms with E-state index in [1.807, 2.05) is 66.0 Å². The molecule has 134 valence electrons. The van der Waals surface area contributed by atoms with Crippen molar-refractivity contribution >= 4 is 45.5 Å². The maximum Gasteiger partial charge on any atom is 0.256 e. The number of carbonyl (C=O) groups is 1. The van der Waals surface area contributed by atoms with E-state index >= 15 is 0 Å². The Labute approximate surface area is 173 Å². The molecule has 4 aromatic rings. The van der Waals surface area contributed by atoms with Crippen molar-refractivity contribution in [3.05, 3.63) is 86.6 Å². The fraction of sp³-hybridized carbons (Fsp3) is 0.0500. The lowest BCUT2D eigenvalue weighted by atomic mass is 10.1. The van der Waals surface area contributed by atoms with Crippen molar-refractivity contribution in [1.82, 2.24) is 10.1 Å². The molecule has 1 N–H and O–H groups in total. The van der Waals surface area contributed by atoms with Crippen molar-refractivity contribution < 1.29 is 9.32 Å². The van der Waals surface area contributed by atoms with Gasteiger partial charge in [0.2, 0.25) is 11.7 Å². The third-order valence-corrected chi connectivity index (χ3v) is 5.74. The molecule has 0 spiro atoms. The summed E-state index contributed by atoms with van der Waals surface area (Å²) >= 11 is 3.72. The maximum atomic E-state index is 12.6. The molecule has 5 nitrogen and oxygen atoms in total. The van der Waals surface area contributed by atoms with Crippen molar-refractivity contribution in [2.24, 2.45) is 0 Å². The van der Waals surface area contributed by atoms with E-state index in [0.717, 1.165) is 19.7 Å². The van der Waals surface area contributed by atoms with Crippen LogP contribution in [0.4, 0.5) is 5.69 Å². The van der Waals surface area contributed by atoms with Crippen LogP contribution in [0.3, 0.4) is 0 Å². The average Bonchev–Trinajstić information content (AvgIpc) is 3.35. The monoisotopic (exact) mass is 487 g/mol. The van der Waals surface area contributed by atoms with Gasteiger partial charge in [-0.05, 0) is 57.8 Å². The van der Waals surface area contributed by atoms with Crippen LogP contribution >= 0.6 is 33.9 Å². The highest BCUT2D eigenvalue weighted by Crippen LogP contribution is 2.24. The number of carbonyl (C=O) groups excluding carboxylic acids is 1. The number of benzene rings is 2. The molecule has 0 unspecified atom stereocenters. The van der Waals surface area contributed by atoms with Crippen LogP contribution in [-0.2, 0) is 6.42 Å². The highest BCUT2D eigenvalue weighted by atomic mass is 127. The molecule has 4 rings (SSSR count). The van der Waals surface area contributed by atoms with Crippen molar-refractivity contribution in [2.45, 2.75) is 6.42 Å². The number of hydrogen-bond acceptors (Lipinski definition) is 5. The number of para-hydroxylation sites is 1. The number of thiophene rings is 1.